The van der Waals surface area contributed by atoms with Crippen molar-refractivity contribution in [2.75, 3.05) is 0 Å². The number of rotatable bonds is 5. The van der Waals surface area contributed by atoms with Crippen molar-refractivity contribution in [1.82, 2.24) is 0 Å². The molecule has 1 atom stereocenters. The van der Waals surface area contributed by atoms with Gasteiger partial charge in [0.05, 0.1) is 10.9 Å². The molecule has 0 spiro atoms. The van der Waals surface area contributed by atoms with Gasteiger partial charge in [-0.2, -0.15) is 8.42 Å². The number of halogens is 1. The summed E-state index contributed by atoms with van der Waals surface area (Å²) in [5.41, 5.74) is 0.551. The normalized spacial score (nSPS) is 12.6. The third kappa shape index (κ3) is 3.58. The van der Waals surface area contributed by atoms with E-state index in [9.17, 15) is 13.2 Å². The van der Waals surface area contributed by atoms with Crippen LogP contribution in [0.2, 0.25) is 5.02 Å². The maximum absolute atomic E-state index is 12.1. The average Bonchev–Trinajstić information content (AvgIpc) is 2.47. The minimum absolute atomic E-state index is 0.0682. The fourth-order valence-corrected chi connectivity index (χ4v) is 3.20. The highest BCUT2D eigenvalue weighted by Gasteiger charge is 2.20. The summed E-state index contributed by atoms with van der Waals surface area (Å²) in [6, 6.07) is 11.8. The monoisotopic (exact) mass is 340 g/mol. The molecule has 5 nitrogen and oxygen atoms in total. The summed E-state index contributed by atoms with van der Waals surface area (Å²) < 4.78 is 29.3. The van der Waals surface area contributed by atoms with E-state index in [1.54, 1.807) is 19.1 Å². The highest BCUT2D eigenvalue weighted by molar-refractivity contribution is 7.87. The quantitative estimate of drug-likeness (QED) is 0.845. The van der Waals surface area contributed by atoms with E-state index in [0.717, 1.165) is 0 Å². The van der Waals surface area contributed by atoms with Crippen LogP contribution in [0.25, 0.3) is 0 Å². The molecular weight excluding hydrogens is 328 g/mol. The highest BCUT2D eigenvalue weighted by Crippen LogP contribution is 2.26. The van der Waals surface area contributed by atoms with Crippen molar-refractivity contribution >= 4 is 27.7 Å². The lowest BCUT2D eigenvalue weighted by molar-refractivity contribution is -0.138. The van der Waals surface area contributed by atoms with Crippen LogP contribution in [0, 0.1) is 0 Å². The summed E-state index contributed by atoms with van der Waals surface area (Å²) in [4.78, 5) is 10.8. The van der Waals surface area contributed by atoms with Crippen LogP contribution in [-0.2, 0) is 14.9 Å². The number of hydrogen-bond donors (Lipinski definition) is 1. The van der Waals surface area contributed by atoms with Crippen molar-refractivity contribution in [2.24, 2.45) is 0 Å². The van der Waals surface area contributed by atoms with Crippen LogP contribution in [0.15, 0.2) is 53.4 Å². The Labute approximate surface area is 133 Å². The van der Waals surface area contributed by atoms with Gasteiger partial charge in [0, 0.05) is 0 Å². The Balaban J connectivity index is 2.24. The number of carboxylic acid groups (broad SMARTS) is 1. The van der Waals surface area contributed by atoms with E-state index in [4.69, 9.17) is 20.9 Å². The smallest absolute Gasteiger partial charge is 0.340 e. The van der Waals surface area contributed by atoms with Crippen LogP contribution >= 0.6 is 11.6 Å². The lowest BCUT2D eigenvalue weighted by Crippen LogP contribution is -2.11. The molecule has 0 saturated heterocycles. The van der Waals surface area contributed by atoms with Gasteiger partial charge in [0.1, 0.15) is 10.6 Å². The maximum Gasteiger partial charge on any atom is 0.340 e. The zero-order valence-electron chi connectivity index (χ0n) is 11.6. The molecule has 2 rings (SSSR count). The Bertz CT molecular complexity index is 784. The van der Waals surface area contributed by atoms with E-state index in [0.29, 0.717) is 5.56 Å². The third-order valence-electron chi connectivity index (χ3n) is 3.06. The first-order valence-electron chi connectivity index (χ1n) is 6.33. The van der Waals surface area contributed by atoms with Gasteiger partial charge in [-0.25, -0.2) is 0 Å². The van der Waals surface area contributed by atoms with Crippen LogP contribution in [0.3, 0.4) is 0 Å². The van der Waals surface area contributed by atoms with Gasteiger partial charge in [-0.3, -0.25) is 4.79 Å². The van der Waals surface area contributed by atoms with Crippen LogP contribution in [0.1, 0.15) is 18.4 Å². The van der Waals surface area contributed by atoms with Crippen LogP contribution in [-0.4, -0.2) is 19.5 Å². The first-order chi connectivity index (χ1) is 10.3. The van der Waals surface area contributed by atoms with E-state index < -0.39 is 22.0 Å². The molecule has 0 unspecified atom stereocenters. The SMILES string of the molecule is C[C@@H](C(=O)O)c1ccc(OS(=O)(=O)c2ccccc2Cl)cc1. The molecule has 0 fully saturated rings. The first kappa shape index (κ1) is 16.3. The molecular formula is C15H13ClO5S. The summed E-state index contributed by atoms with van der Waals surface area (Å²) in [7, 11) is -4.04. The standard InChI is InChI=1S/C15H13ClO5S/c1-10(15(17)18)11-6-8-12(9-7-11)21-22(19,20)14-5-3-2-4-13(14)16/h2-10H,1H3,(H,17,18)/t10-/m1/s1. The van der Waals surface area contributed by atoms with E-state index in [1.165, 1.54) is 36.4 Å². The predicted molar refractivity (Wildman–Crippen MR) is 81.8 cm³/mol. The Morgan fingerprint density at radius 2 is 1.73 bits per heavy atom. The fraction of sp³-hybridized carbons (Fsp3) is 0.133. The van der Waals surface area contributed by atoms with Crippen molar-refractivity contribution in [2.45, 2.75) is 17.7 Å². The molecule has 2 aromatic carbocycles. The minimum atomic E-state index is -4.04. The predicted octanol–water partition coefficient (Wildman–Crippen LogP) is 3.30. The molecule has 1 N–H and O–H groups in total. The van der Waals surface area contributed by atoms with E-state index in [-0.39, 0.29) is 15.7 Å². The van der Waals surface area contributed by atoms with Gasteiger partial charge >= 0.3 is 16.1 Å². The average molecular weight is 341 g/mol. The van der Waals surface area contributed by atoms with Crippen LogP contribution in [0.5, 0.6) is 5.75 Å². The van der Waals surface area contributed by atoms with Crippen LogP contribution < -0.4 is 4.18 Å². The molecule has 0 amide bonds. The summed E-state index contributed by atoms with van der Waals surface area (Å²) in [5.74, 6) is -1.56. The molecule has 0 aliphatic carbocycles. The Kier molecular flexibility index (Phi) is 4.73. The van der Waals surface area contributed by atoms with Gasteiger partial charge < -0.3 is 9.29 Å². The second-order valence-electron chi connectivity index (χ2n) is 4.60. The zero-order chi connectivity index (χ0) is 16.3. The Hall–Kier alpha value is -2.05. The van der Waals surface area contributed by atoms with Crippen molar-refractivity contribution < 1.29 is 22.5 Å². The van der Waals surface area contributed by atoms with Gasteiger partial charge in [0.2, 0.25) is 0 Å². The van der Waals surface area contributed by atoms with E-state index in [1.807, 2.05) is 0 Å². The molecule has 0 aliphatic heterocycles. The molecule has 0 radical (unpaired) electrons. The van der Waals surface area contributed by atoms with Gasteiger partial charge in [-0.05, 0) is 36.8 Å². The van der Waals surface area contributed by atoms with Crippen molar-refractivity contribution in [3.63, 3.8) is 0 Å². The summed E-state index contributed by atoms with van der Waals surface area (Å²) in [6.45, 7) is 1.54. The van der Waals surface area contributed by atoms with Gasteiger partial charge in [0.25, 0.3) is 0 Å². The van der Waals surface area contributed by atoms with Crippen molar-refractivity contribution in [3.8, 4) is 5.75 Å². The van der Waals surface area contributed by atoms with Crippen LogP contribution in [0.4, 0.5) is 0 Å². The zero-order valence-corrected chi connectivity index (χ0v) is 13.1. The second-order valence-corrected chi connectivity index (χ2v) is 6.52. The molecule has 22 heavy (non-hydrogen) atoms. The lowest BCUT2D eigenvalue weighted by Gasteiger charge is -2.10. The fourth-order valence-electron chi connectivity index (χ4n) is 1.77. The van der Waals surface area contributed by atoms with Gasteiger partial charge in [0.15, 0.2) is 0 Å². The molecule has 0 saturated carbocycles. The summed E-state index contributed by atoms with van der Waals surface area (Å²) in [6.07, 6.45) is 0. The van der Waals surface area contributed by atoms with Gasteiger partial charge in [-0.15, -0.1) is 0 Å². The van der Waals surface area contributed by atoms with E-state index in [2.05, 4.69) is 0 Å². The molecule has 0 bridgehead atoms. The molecule has 0 heterocycles. The van der Waals surface area contributed by atoms with E-state index >= 15 is 0 Å². The third-order valence-corrected chi connectivity index (χ3v) is 4.81. The Morgan fingerprint density at radius 3 is 2.27 bits per heavy atom. The topological polar surface area (TPSA) is 80.7 Å². The number of hydrogen-bond acceptors (Lipinski definition) is 4. The van der Waals surface area contributed by atoms with Crippen molar-refractivity contribution in [3.05, 3.63) is 59.1 Å². The number of carbonyl (C=O) groups is 1. The summed E-state index contributed by atoms with van der Waals surface area (Å²) >= 11 is 5.85. The lowest BCUT2D eigenvalue weighted by atomic mass is 10.0. The number of aliphatic carboxylic acids is 1. The second kappa shape index (κ2) is 6.37. The molecule has 7 heteroatoms. The molecule has 116 valence electrons. The first-order valence-corrected chi connectivity index (χ1v) is 8.11. The molecule has 0 aliphatic rings. The molecule has 0 aromatic heterocycles. The largest absolute Gasteiger partial charge is 0.481 e. The number of carboxylic acids is 1. The maximum atomic E-state index is 12.1. The minimum Gasteiger partial charge on any atom is -0.481 e. The highest BCUT2D eigenvalue weighted by atomic mass is 35.5. The number of benzene rings is 2. The van der Waals surface area contributed by atoms with Gasteiger partial charge in [-0.1, -0.05) is 35.9 Å². The summed E-state index contributed by atoms with van der Waals surface area (Å²) in [5, 5.41) is 9.00. The molecule has 2 aromatic rings. The van der Waals surface area contributed by atoms with Crippen molar-refractivity contribution in [1.29, 1.82) is 0 Å². The Morgan fingerprint density at radius 1 is 1.14 bits per heavy atom.